The van der Waals surface area contributed by atoms with Crippen LogP contribution in [-0.4, -0.2) is 17.5 Å². The first kappa shape index (κ1) is 14.6. The molecule has 6 nitrogen and oxygen atoms in total. The van der Waals surface area contributed by atoms with Crippen LogP contribution >= 0.6 is 0 Å². The number of hydrogen-bond donors (Lipinski definition) is 0. The summed E-state index contributed by atoms with van der Waals surface area (Å²) in [6, 6.07) is 13.3. The third-order valence-electron chi connectivity index (χ3n) is 3.49. The predicted molar refractivity (Wildman–Crippen MR) is 82.5 cm³/mol. The van der Waals surface area contributed by atoms with Crippen LogP contribution in [0, 0.1) is 11.3 Å². The molecule has 23 heavy (non-hydrogen) atoms. The van der Waals surface area contributed by atoms with Crippen LogP contribution < -0.4 is 10.5 Å². The molecule has 0 aliphatic heterocycles. The molecule has 0 amide bonds. The SMILES string of the molecule is COc1cccc(C(=O)Cn2c(=O)oc3ccc(C#N)cc32)c1. The van der Waals surface area contributed by atoms with Crippen LogP contribution in [0.2, 0.25) is 0 Å². The van der Waals surface area contributed by atoms with E-state index in [0.717, 1.165) is 0 Å². The van der Waals surface area contributed by atoms with Crippen molar-refractivity contribution in [2.24, 2.45) is 0 Å². The summed E-state index contributed by atoms with van der Waals surface area (Å²) in [6.07, 6.45) is 0. The topological polar surface area (TPSA) is 85.2 Å². The summed E-state index contributed by atoms with van der Waals surface area (Å²) in [5.41, 5.74) is 1.58. The van der Waals surface area contributed by atoms with E-state index in [1.54, 1.807) is 36.4 Å². The Hall–Kier alpha value is -3.33. The first-order chi connectivity index (χ1) is 11.1. The Labute approximate surface area is 131 Å². The fraction of sp³-hybridized carbons (Fsp3) is 0.118. The molecule has 0 radical (unpaired) electrons. The average Bonchev–Trinajstić information content (AvgIpc) is 2.89. The maximum absolute atomic E-state index is 12.4. The van der Waals surface area contributed by atoms with Gasteiger partial charge in [0.15, 0.2) is 11.4 Å². The fourth-order valence-corrected chi connectivity index (χ4v) is 2.31. The van der Waals surface area contributed by atoms with Crippen LogP contribution in [0.15, 0.2) is 51.7 Å². The number of hydrogen-bond acceptors (Lipinski definition) is 5. The molecule has 2 aromatic carbocycles. The van der Waals surface area contributed by atoms with Gasteiger partial charge in [0.25, 0.3) is 0 Å². The number of benzene rings is 2. The summed E-state index contributed by atoms with van der Waals surface area (Å²) < 4.78 is 11.4. The van der Waals surface area contributed by atoms with Crippen molar-refractivity contribution in [3.63, 3.8) is 0 Å². The second-order valence-corrected chi connectivity index (χ2v) is 4.90. The molecule has 0 aliphatic carbocycles. The fourth-order valence-electron chi connectivity index (χ4n) is 2.31. The van der Waals surface area contributed by atoms with Gasteiger partial charge >= 0.3 is 5.76 Å². The highest BCUT2D eigenvalue weighted by atomic mass is 16.5. The number of Topliss-reactive ketones (excluding diaryl/α,β-unsaturated/α-hetero) is 1. The molecule has 0 saturated carbocycles. The van der Waals surface area contributed by atoms with Crippen molar-refractivity contribution in [1.82, 2.24) is 4.57 Å². The number of carbonyl (C=O) groups excluding carboxylic acids is 1. The van der Waals surface area contributed by atoms with Crippen molar-refractivity contribution in [2.45, 2.75) is 6.54 Å². The highest BCUT2D eigenvalue weighted by molar-refractivity contribution is 5.97. The summed E-state index contributed by atoms with van der Waals surface area (Å²) in [5, 5.41) is 8.96. The van der Waals surface area contributed by atoms with Crippen LogP contribution in [0.25, 0.3) is 11.1 Å². The second-order valence-electron chi connectivity index (χ2n) is 4.90. The van der Waals surface area contributed by atoms with Gasteiger partial charge < -0.3 is 9.15 Å². The largest absolute Gasteiger partial charge is 0.497 e. The van der Waals surface area contributed by atoms with Crippen LogP contribution in [-0.2, 0) is 6.54 Å². The Morgan fingerprint density at radius 1 is 1.30 bits per heavy atom. The average molecular weight is 308 g/mol. The minimum atomic E-state index is -0.633. The van der Waals surface area contributed by atoms with E-state index in [-0.39, 0.29) is 12.3 Å². The van der Waals surface area contributed by atoms with Gasteiger partial charge in [0.2, 0.25) is 0 Å². The minimum Gasteiger partial charge on any atom is -0.497 e. The Balaban J connectivity index is 2.00. The van der Waals surface area contributed by atoms with Gasteiger partial charge in [-0.15, -0.1) is 0 Å². The van der Waals surface area contributed by atoms with Gasteiger partial charge in [-0.25, -0.2) is 4.79 Å². The lowest BCUT2D eigenvalue weighted by Crippen LogP contribution is -2.20. The first-order valence-corrected chi connectivity index (χ1v) is 6.83. The van der Waals surface area contributed by atoms with Crippen molar-refractivity contribution in [1.29, 1.82) is 5.26 Å². The Kier molecular flexibility index (Phi) is 3.69. The predicted octanol–water partition coefficient (Wildman–Crippen LogP) is 2.36. The maximum Gasteiger partial charge on any atom is 0.420 e. The molecule has 0 atom stereocenters. The second kappa shape index (κ2) is 5.81. The number of ether oxygens (including phenoxy) is 1. The molecule has 0 unspecified atom stereocenters. The van der Waals surface area contributed by atoms with Gasteiger partial charge in [-0.1, -0.05) is 12.1 Å². The molecule has 114 valence electrons. The van der Waals surface area contributed by atoms with Crippen molar-refractivity contribution in [3.05, 3.63) is 64.1 Å². The molecule has 0 fully saturated rings. The van der Waals surface area contributed by atoms with E-state index in [2.05, 4.69) is 0 Å². The van der Waals surface area contributed by atoms with E-state index >= 15 is 0 Å². The Bertz CT molecular complexity index is 992. The zero-order valence-electron chi connectivity index (χ0n) is 12.3. The monoisotopic (exact) mass is 308 g/mol. The zero-order chi connectivity index (χ0) is 16.4. The normalized spacial score (nSPS) is 10.4. The van der Waals surface area contributed by atoms with Gasteiger partial charge in [-0.3, -0.25) is 9.36 Å². The van der Waals surface area contributed by atoms with Gasteiger partial charge in [0, 0.05) is 5.56 Å². The number of oxazole rings is 1. The van der Waals surface area contributed by atoms with E-state index < -0.39 is 5.76 Å². The summed E-state index contributed by atoms with van der Waals surface area (Å²) in [6.45, 7) is -0.173. The minimum absolute atomic E-state index is 0.173. The smallest absolute Gasteiger partial charge is 0.420 e. The van der Waals surface area contributed by atoms with Gasteiger partial charge in [-0.2, -0.15) is 5.26 Å². The highest BCUT2D eigenvalue weighted by Gasteiger charge is 2.15. The lowest BCUT2D eigenvalue weighted by molar-refractivity contribution is 0.0970. The standard InChI is InChI=1S/C17H12N2O4/c1-22-13-4-2-3-12(8-13)15(20)10-19-14-7-11(9-18)5-6-16(14)23-17(19)21/h2-8H,10H2,1H3. The molecule has 6 heteroatoms. The van der Waals surface area contributed by atoms with E-state index in [9.17, 15) is 9.59 Å². The number of methoxy groups -OCH3 is 1. The molecule has 0 spiro atoms. The lowest BCUT2D eigenvalue weighted by Gasteiger charge is -2.04. The number of fused-ring (bicyclic) bond motifs is 1. The van der Waals surface area contributed by atoms with E-state index in [1.165, 1.54) is 17.7 Å². The van der Waals surface area contributed by atoms with Gasteiger partial charge in [-0.05, 0) is 30.3 Å². The van der Waals surface area contributed by atoms with E-state index in [4.69, 9.17) is 14.4 Å². The molecular formula is C17H12N2O4. The van der Waals surface area contributed by atoms with Crippen LogP contribution in [0.5, 0.6) is 5.75 Å². The number of carbonyl (C=O) groups is 1. The summed E-state index contributed by atoms with van der Waals surface area (Å²) in [4.78, 5) is 24.4. The third-order valence-corrected chi connectivity index (χ3v) is 3.49. The maximum atomic E-state index is 12.4. The molecule has 0 saturated heterocycles. The summed E-state index contributed by atoms with van der Waals surface area (Å²) in [7, 11) is 1.51. The van der Waals surface area contributed by atoms with Crippen molar-refractivity contribution in [2.75, 3.05) is 7.11 Å². The molecule has 3 aromatic rings. The molecule has 0 bridgehead atoms. The zero-order valence-corrected chi connectivity index (χ0v) is 12.3. The van der Waals surface area contributed by atoms with E-state index in [0.29, 0.717) is 28.0 Å². The number of nitriles is 1. The number of nitrogens with zero attached hydrogens (tertiary/aromatic N) is 2. The molecular weight excluding hydrogens is 296 g/mol. The summed E-state index contributed by atoms with van der Waals surface area (Å²) >= 11 is 0. The van der Waals surface area contributed by atoms with Crippen molar-refractivity contribution >= 4 is 16.9 Å². The van der Waals surface area contributed by atoms with Gasteiger partial charge in [0.1, 0.15) is 5.75 Å². The molecule has 0 aliphatic rings. The van der Waals surface area contributed by atoms with Crippen molar-refractivity contribution < 1.29 is 13.9 Å². The molecule has 3 rings (SSSR count). The molecule has 1 heterocycles. The van der Waals surface area contributed by atoms with Crippen LogP contribution in [0.1, 0.15) is 15.9 Å². The van der Waals surface area contributed by atoms with E-state index in [1.807, 2.05) is 6.07 Å². The van der Waals surface area contributed by atoms with Crippen LogP contribution in [0.4, 0.5) is 0 Å². The number of aromatic nitrogens is 1. The Morgan fingerprint density at radius 3 is 2.87 bits per heavy atom. The Morgan fingerprint density at radius 2 is 2.13 bits per heavy atom. The lowest BCUT2D eigenvalue weighted by atomic mass is 10.1. The quantitative estimate of drug-likeness (QED) is 0.691. The van der Waals surface area contributed by atoms with Crippen LogP contribution in [0.3, 0.4) is 0 Å². The molecule has 1 aromatic heterocycles. The third kappa shape index (κ3) is 2.72. The van der Waals surface area contributed by atoms with Gasteiger partial charge in [0.05, 0.1) is 30.8 Å². The molecule has 0 N–H and O–H groups in total. The summed E-state index contributed by atoms with van der Waals surface area (Å²) in [5.74, 6) is -0.325. The number of rotatable bonds is 4. The number of ketones is 1. The first-order valence-electron chi connectivity index (χ1n) is 6.83. The van der Waals surface area contributed by atoms with Crippen molar-refractivity contribution in [3.8, 4) is 11.8 Å². The highest BCUT2D eigenvalue weighted by Crippen LogP contribution is 2.17.